The fraction of sp³-hybridized carbons (Fsp3) is 0.261. The molecule has 2 unspecified atom stereocenters. The Hall–Kier alpha value is -5.76. The Morgan fingerprint density at radius 3 is 2.00 bits per heavy atom. The average Bonchev–Trinajstić information content (AvgIpc) is 3.11. The van der Waals surface area contributed by atoms with Crippen molar-refractivity contribution in [3.8, 4) is 0 Å². The van der Waals surface area contributed by atoms with Crippen molar-refractivity contribution in [1.29, 1.82) is 0 Å². The van der Waals surface area contributed by atoms with Crippen molar-refractivity contribution in [2.75, 3.05) is 0 Å². The molecule has 0 radical (unpaired) electrons. The Morgan fingerprint density at radius 1 is 0.815 bits per heavy atom. The Balaban J connectivity index is 0.000000184. The maximum atomic E-state index is 13.9. The third-order valence-corrected chi connectivity index (χ3v) is 9.36. The second-order valence-electron chi connectivity index (χ2n) is 15.5. The van der Waals surface area contributed by atoms with Crippen molar-refractivity contribution in [2.45, 2.75) is 77.0 Å². The van der Waals surface area contributed by atoms with Crippen LogP contribution in [0.5, 0.6) is 0 Å². The van der Waals surface area contributed by atoms with E-state index in [9.17, 15) is 13.6 Å². The first-order valence-electron chi connectivity index (χ1n) is 18.1. The van der Waals surface area contributed by atoms with E-state index in [4.69, 9.17) is 9.73 Å². The van der Waals surface area contributed by atoms with Crippen LogP contribution in [0, 0.1) is 11.6 Å². The third-order valence-electron chi connectivity index (χ3n) is 9.36. The maximum Gasteiger partial charge on any atom is 0.253 e. The number of aliphatic imine (C=N–C) groups is 1. The Morgan fingerprint density at radius 2 is 1.39 bits per heavy atom. The summed E-state index contributed by atoms with van der Waals surface area (Å²) in [4.78, 5) is 26.3. The van der Waals surface area contributed by atoms with Crippen LogP contribution in [0.1, 0.15) is 74.5 Å². The number of carbonyl (C=O) groups is 1. The van der Waals surface area contributed by atoms with Gasteiger partial charge in [0.25, 0.3) is 5.91 Å². The highest BCUT2D eigenvalue weighted by molar-refractivity contribution is 5.98. The number of ether oxygens (including phenoxy) is 1. The first kappa shape index (κ1) is 38.0. The van der Waals surface area contributed by atoms with E-state index in [2.05, 4.69) is 66.9 Å². The van der Waals surface area contributed by atoms with Gasteiger partial charge >= 0.3 is 0 Å². The lowest BCUT2D eigenvalue weighted by molar-refractivity contribution is 0.0431. The van der Waals surface area contributed by atoms with Crippen LogP contribution in [-0.2, 0) is 17.6 Å². The number of halogens is 2. The van der Waals surface area contributed by atoms with Gasteiger partial charge in [-0.2, -0.15) is 0 Å². The topological polar surface area (TPSA) is 76.5 Å². The molecule has 2 aromatic heterocycles. The van der Waals surface area contributed by atoms with Gasteiger partial charge in [0.05, 0.1) is 16.7 Å². The molecule has 3 heterocycles. The van der Waals surface area contributed by atoms with Crippen molar-refractivity contribution < 1.29 is 18.3 Å². The SMILES string of the molecule is C=C(C)CC(C)(Cc1ccccc1)NC(=O)c1cnc2c(F)cccc2c1.CC1(Cc2ccccc2)CC(C)(C)OC(c2cnc3c(F)cccc3c2)=N1. The minimum Gasteiger partial charge on any atom is -0.471 e. The number of fused-ring (bicyclic) bond motifs is 2. The molecule has 1 N–H and O–H groups in total. The molecule has 276 valence electrons. The predicted molar refractivity (Wildman–Crippen MR) is 214 cm³/mol. The van der Waals surface area contributed by atoms with Crippen molar-refractivity contribution >= 4 is 33.6 Å². The van der Waals surface area contributed by atoms with E-state index in [-0.39, 0.29) is 28.4 Å². The van der Waals surface area contributed by atoms with E-state index in [1.807, 2.05) is 62.4 Å². The fourth-order valence-corrected chi connectivity index (χ4v) is 7.48. The molecule has 1 aliphatic rings. The summed E-state index contributed by atoms with van der Waals surface area (Å²) in [7, 11) is 0. The smallest absolute Gasteiger partial charge is 0.253 e. The van der Waals surface area contributed by atoms with Gasteiger partial charge in [-0.15, -0.1) is 6.58 Å². The first-order chi connectivity index (χ1) is 25.7. The van der Waals surface area contributed by atoms with Crippen LogP contribution < -0.4 is 5.32 Å². The van der Waals surface area contributed by atoms with Crippen LogP contribution in [0.2, 0.25) is 0 Å². The highest BCUT2D eigenvalue weighted by Crippen LogP contribution is 2.36. The molecular weight excluding hydrogens is 679 g/mol. The summed E-state index contributed by atoms with van der Waals surface area (Å²) < 4.78 is 33.9. The summed E-state index contributed by atoms with van der Waals surface area (Å²) in [6.07, 6.45) is 6.05. The summed E-state index contributed by atoms with van der Waals surface area (Å²) in [5.74, 6) is -0.368. The van der Waals surface area contributed by atoms with Crippen LogP contribution in [0.3, 0.4) is 0 Å². The Labute approximate surface area is 316 Å². The maximum absolute atomic E-state index is 13.9. The normalized spacial score (nSPS) is 17.4. The molecule has 0 saturated carbocycles. The van der Waals surface area contributed by atoms with Gasteiger partial charge < -0.3 is 10.1 Å². The second-order valence-corrected chi connectivity index (χ2v) is 15.5. The zero-order valence-electron chi connectivity index (χ0n) is 31.5. The number of carbonyl (C=O) groups excluding carboxylic acids is 1. The fourth-order valence-electron chi connectivity index (χ4n) is 7.48. The zero-order chi connectivity index (χ0) is 38.5. The number of para-hydroxylation sites is 2. The number of nitrogens with one attached hydrogen (secondary N) is 1. The van der Waals surface area contributed by atoms with E-state index >= 15 is 0 Å². The number of pyridine rings is 2. The quantitative estimate of drug-likeness (QED) is 0.151. The van der Waals surface area contributed by atoms with E-state index in [1.165, 1.54) is 23.9 Å². The standard InChI is InChI=1S/2C23H23FN2O/c1-22(2)15-23(3,13-16-8-5-4-6-9-16)26-21(27-22)18-12-17-10-7-11-19(24)20(17)25-14-18;1-16(2)13-23(3,14-17-8-5-4-6-9-17)26-22(27)19-12-18-10-7-11-20(24)21(18)25-15-19/h4-12,14H,13,15H2,1-3H3;4-12,15H,1,13-14H2,2-3H3,(H,26,27). The van der Waals surface area contributed by atoms with Crippen molar-refractivity contribution in [2.24, 2.45) is 4.99 Å². The number of nitrogens with zero attached hydrogens (tertiary/aromatic N) is 3. The Kier molecular flexibility index (Phi) is 11.0. The molecule has 0 bridgehead atoms. The molecule has 6 nitrogen and oxygen atoms in total. The van der Waals surface area contributed by atoms with Crippen LogP contribution in [0.25, 0.3) is 21.8 Å². The molecule has 0 saturated heterocycles. The minimum absolute atomic E-state index is 0.228. The van der Waals surface area contributed by atoms with E-state index in [0.717, 1.165) is 34.9 Å². The first-order valence-corrected chi connectivity index (χ1v) is 18.1. The molecule has 2 atom stereocenters. The number of hydrogen-bond donors (Lipinski definition) is 1. The molecular formula is C46H46F2N4O2. The molecule has 1 aliphatic heterocycles. The Bertz CT molecular complexity index is 2330. The molecule has 0 fully saturated rings. The van der Waals surface area contributed by atoms with Gasteiger partial charge in [0.2, 0.25) is 5.90 Å². The van der Waals surface area contributed by atoms with Gasteiger partial charge in [-0.1, -0.05) is 90.5 Å². The number of rotatable bonds is 9. The van der Waals surface area contributed by atoms with Crippen molar-refractivity contribution in [3.05, 3.63) is 168 Å². The lowest BCUT2D eigenvalue weighted by Gasteiger charge is -2.40. The number of hydrogen-bond acceptors (Lipinski definition) is 5. The van der Waals surface area contributed by atoms with E-state index in [0.29, 0.717) is 35.2 Å². The molecule has 0 spiro atoms. The summed E-state index contributed by atoms with van der Waals surface area (Å²) >= 11 is 0. The lowest BCUT2D eigenvalue weighted by atomic mass is 9.82. The highest BCUT2D eigenvalue weighted by atomic mass is 19.1. The van der Waals surface area contributed by atoms with Gasteiger partial charge in [-0.3, -0.25) is 14.8 Å². The van der Waals surface area contributed by atoms with Gasteiger partial charge in [0.15, 0.2) is 0 Å². The van der Waals surface area contributed by atoms with Crippen molar-refractivity contribution in [3.63, 3.8) is 0 Å². The minimum atomic E-state index is -0.485. The molecule has 4 aromatic carbocycles. The monoisotopic (exact) mass is 724 g/mol. The van der Waals surface area contributed by atoms with Crippen LogP contribution >= 0.6 is 0 Å². The number of benzene rings is 4. The molecule has 0 aliphatic carbocycles. The molecule has 7 rings (SSSR count). The van der Waals surface area contributed by atoms with Gasteiger partial charge in [0, 0.05) is 35.1 Å². The van der Waals surface area contributed by atoms with Crippen LogP contribution in [0.4, 0.5) is 8.78 Å². The second kappa shape index (κ2) is 15.7. The zero-order valence-corrected chi connectivity index (χ0v) is 31.5. The summed E-state index contributed by atoms with van der Waals surface area (Å²) in [6, 6.07) is 33.7. The molecule has 8 heteroatoms. The predicted octanol–water partition coefficient (Wildman–Crippen LogP) is 10.4. The highest BCUT2D eigenvalue weighted by Gasteiger charge is 2.40. The van der Waals surface area contributed by atoms with Crippen LogP contribution in [-0.4, -0.2) is 38.5 Å². The average molecular weight is 725 g/mol. The van der Waals surface area contributed by atoms with Gasteiger partial charge in [-0.25, -0.2) is 13.8 Å². The lowest BCUT2D eigenvalue weighted by Crippen LogP contribution is -2.48. The molecule has 6 aromatic rings. The largest absolute Gasteiger partial charge is 0.471 e. The summed E-state index contributed by atoms with van der Waals surface area (Å²) in [6.45, 7) is 14.3. The number of amides is 1. The molecule has 54 heavy (non-hydrogen) atoms. The van der Waals surface area contributed by atoms with E-state index < -0.39 is 11.4 Å². The number of aromatic nitrogens is 2. The van der Waals surface area contributed by atoms with Gasteiger partial charge in [-0.05, 0) is 89.3 Å². The van der Waals surface area contributed by atoms with Gasteiger partial charge in [0.1, 0.15) is 28.3 Å². The summed E-state index contributed by atoms with van der Waals surface area (Å²) in [5, 5.41) is 4.48. The summed E-state index contributed by atoms with van der Waals surface area (Å²) in [5.41, 5.74) is 4.09. The third kappa shape index (κ3) is 9.42. The molecule has 1 amide bonds. The van der Waals surface area contributed by atoms with E-state index in [1.54, 1.807) is 30.5 Å². The van der Waals surface area contributed by atoms with Crippen molar-refractivity contribution in [1.82, 2.24) is 15.3 Å². The van der Waals surface area contributed by atoms with Crippen LogP contribution in [0.15, 0.2) is 139 Å².